The van der Waals surface area contributed by atoms with E-state index in [4.69, 9.17) is 29.9 Å². The van der Waals surface area contributed by atoms with E-state index < -0.39 is 15.9 Å². The van der Waals surface area contributed by atoms with Crippen LogP contribution in [0.1, 0.15) is 0 Å². The molecule has 0 amide bonds. The average Bonchev–Trinajstić information content (AvgIpc) is 2.34. The Hall–Kier alpha value is -0.690. The Bertz CT molecular complexity index is 333. The van der Waals surface area contributed by atoms with Crippen molar-refractivity contribution in [3.05, 3.63) is 0 Å². The highest BCUT2D eigenvalue weighted by Crippen LogP contribution is 1.85. The summed E-state index contributed by atoms with van der Waals surface area (Å²) in [5, 5.41) is 0. The van der Waals surface area contributed by atoms with E-state index in [1.807, 2.05) is 0 Å². The predicted molar refractivity (Wildman–Crippen MR) is 68.5 cm³/mol. The third-order valence-electron chi connectivity index (χ3n) is 1.79. The van der Waals surface area contributed by atoms with Crippen LogP contribution in [-0.2, 0) is 29.1 Å². The zero-order valence-corrected chi connectivity index (χ0v) is 11.6. The second-order valence-corrected chi connectivity index (χ2v) is 4.95. The van der Waals surface area contributed by atoms with E-state index in [0.29, 0.717) is 33.0 Å². The zero-order chi connectivity index (χ0) is 14.4. The normalized spacial score (nSPS) is 11.4. The molecule has 0 saturated heterocycles. The predicted octanol–water partition coefficient (Wildman–Crippen LogP) is -0.426. The molecule has 0 fully saturated rings. The zero-order valence-electron chi connectivity index (χ0n) is 10.7. The number of hydrogen-bond acceptors (Lipinski definition) is 6. The van der Waals surface area contributed by atoms with Crippen molar-refractivity contribution in [2.45, 2.75) is 0 Å². The summed E-state index contributed by atoms with van der Waals surface area (Å²) in [5.74, 6) is 1.93. The first kappa shape index (κ1) is 18.3. The van der Waals surface area contributed by atoms with Gasteiger partial charge in [-0.05, 0) is 0 Å². The van der Waals surface area contributed by atoms with Gasteiger partial charge in [-0.3, -0.25) is 4.55 Å². The van der Waals surface area contributed by atoms with E-state index in [1.165, 1.54) is 0 Å². The molecular formula is C11H20O7S. The maximum Gasteiger partial charge on any atom is 0.267 e. The summed E-state index contributed by atoms with van der Waals surface area (Å²) in [6, 6.07) is 0. The first-order valence-corrected chi connectivity index (χ1v) is 7.37. The first-order valence-electron chi connectivity index (χ1n) is 5.76. The van der Waals surface area contributed by atoms with Crippen LogP contribution < -0.4 is 0 Å². The van der Waals surface area contributed by atoms with Gasteiger partial charge in [-0.25, -0.2) is 0 Å². The van der Waals surface area contributed by atoms with Gasteiger partial charge in [0, 0.05) is 0 Å². The first-order chi connectivity index (χ1) is 9.06. The van der Waals surface area contributed by atoms with Crippen LogP contribution in [0.4, 0.5) is 0 Å². The highest BCUT2D eigenvalue weighted by molar-refractivity contribution is 7.85. The summed E-state index contributed by atoms with van der Waals surface area (Å²) in [6.45, 7) is 2.58. The van der Waals surface area contributed by atoms with E-state index in [0.717, 1.165) is 0 Å². The summed E-state index contributed by atoms with van der Waals surface area (Å²) < 4.78 is 49.4. The fourth-order valence-corrected chi connectivity index (χ4v) is 1.28. The lowest BCUT2D eigenvalue weighted by Crippen LogP contribution is -2.15. The minimum absolute atomic E-state index is 0.0504. The van der Waals surface area contributed by atoms with E-state index in [1.54, 1.807) is 0 Å². The topological polar surface area (TPSA) is 91.3 Å². The van der Waals surface area contributed by atoms with Gasteiger partial charge in [0.05, 0.1) is 52.0 Å². The van der Waals surface area contributed by atoms with Crippen LogP contribution in [0.3, 0.4) is 0 Å². The minimum Gasteiger partial charge on any atom is -0.378 e. The van der Waals surface area contributed by atoms with E-state index in [2.05, 4.69) is 5.92 Å². The Balaban J connectivity index is 3.05. The van der Waals surface area contributed by atoms with Crippen molar-refractivity contribution >= 4 is 10.1 Å². The standard InChI is InChI=1S/C11H20O7S/c1-2-3-15-4-5-16-6-7-17-8-9-18-10-11-19(12,13)14/h1H,3-11H2,(H,12,13,14). The van der Waals surface area contributed by atoms with Gasteiger partial charge < -0.3 is 18.9 Å². The minimum atomic E-state index is -3.95. The van der Waals surface area contributed by atoms with E-state index in [9.17, 15) is 8.42 Å². The van der Waals surface area contributed by atoms with Crippen molar-refractivity contribution < 1.29 is 31.9 Å². The maximum atomic E-state index is 10.3. The van der Waals surface area contributed by atoms with Gasteiger partial charge in [-0.2, -0.15) is 8.42 Å². The molecule has 0 aliphatic rings. The van der Waals surface area contributed by atoms with Gasteiger partial charge in [0.15, 0.2) is 0 Å². The van der Waals surface area contributed by atoms with E-state index in [-0.39, 0.29) is 19.8 Å². The molecule has 112 valence electrons. The van der Waals surface area contributed by atoms with Crippen molar-refractivity contribution in [2.75, 3.05) is 58.6 Å². The summed E-state index contributed by atoms with van der Waals surface area (Å²) >= 11 is 0. The smallest absolute Gasteiger partial charge is 0.267 e. The number of rotatable bonds is 13. The van der Waals surface area contributed by atoms with Crippen LogP contribution in [0.25, 0.3) is 0 Å². The molecule has 1 N–H and O–H groups in total. The second-order valence-electron chi connectivity index (χ2n) is 3.38. The fourth-order valence-electron chi connectivity index (χ4n) is 0.955. The summed E-state index contributed by atoms with van der Waals surface area (Å²) in [5.41, 5.74) is 0. The highest BCUT2D eigenvalue weighted by atomic mass is 32.2. The van der Waals surface area contributed by atoms with Gasteiger partial charge in [-0.1, -0.05) is 5.92 Å². The lowest BCUT2D eigenvalue weighted by atomic mass is 10.7. The van der Waals surface area contributed by atoms with Crippen LogP contribution in [0, 0.1) is 12.3 Å². The Kier molecular flexibility index (Phi) is 11.9. The van der Waals surface area contributed by atoms with Crippen molar-refractivity contribution in [2.24, 2.45) is 0 Å². The molecule has 0 heterocycles. The molecule has 8 heteroatoms. The lowest BCUT2D eigenvalue weighted by molar-refractivity contribution is 0.00295. The number of hydrogen-bond donors (Lipinski definition) is 1. The van der Waals surface area contributed by atoms with Crippen molar-refractivity contribution in [3.8, 4) is 12.3 Å². The Labute approximate surface area is 113 Å². The molecule has 0 radical (unpaired) electrons. The molecule has 0 atom stereocenters. The average molecular weight is 296 g/mol. The van der Waals surface area contributed by atoms with Gasteiger partial charge in [0.2, 0.25) is 0 Å². The molecule has 0 aromatic rings. The maximum absolute atomic E-state index is 10.3. The van der Waals surface area contributed by atoms with Gasteiger partial charge in [-0.15, -0.1) is 6.42 Å². The largest absolute Gasteiger partial charge is 0.378 e. The lowest BCUT2D eigenvalue weighted by Gasteiger charge is -2.06. The molecule has 0 spiro atoms. The summed E-state index contributed by atoms with van der Waals surface area (Å²) in [4.78, 5) is 0. The second kappa shape index (κ2) is 12.3. The molecule has 0 rings (SSSR count). The molecule has 0 aliphatic carbocycles. The van der Waals surface area contributed by atoms with Gasteiger partial charge in [0.25, 0.3) is 10.1 Å². The fraction of sp³-hybridized carbons (Fsp3) is 0.818. The van der Waals surface area contributed by atoms with E-state index >= 15 is 0 Å². The van der Waals surface area contributed by atoms with Crippen LogP contribution in [-0.4, -0.2) is 71.6 Å². The molecule has 0 bridgehead atoms. The monoisotopic (exact) mass is 296 g/mol. The SMILES string of the molecule is C#CCOCCOCCOCCOCCS(=O)(=O)O. The molecule has 0 saturated carbocycles. The van der Waals surface area contributed by atoms with Crippen molar-refractivity contribution in [1.29, 1.82) is 0 Å². The number of terminal acetylenes is 1. The molecule has 0 aromatic carbocycles. The Morgan fingerprint density at radius 2 is 1.26 bits per heavy atom. The van der Waals surface area contributed by atoms with Crippen molar-refractivity contribution in [3.63, 3.8) is 0 Å². The Morgan fingerprint density at radius 3 is 1.68 bits per heavy atom. The van der Waals surface area contributed by atoms with Crippen LogP contribution in [0.2, 0.25) is 0 Å². The van der Waals surface area contributed by atoms with Crippen LogP contribution in [0.15, 0.2) is 0 Å². The highest BCUT2D eigenvalue weighted by Gasteiger charge is 2.02. The van der Waals surface area contributed by atoms with Gasteiger partial charge >= 0.3 is 0 Å². The Morgan fingerprint density at radius 1 is 0.842 bits per heavy atom. The third kappa shape index (κ3) is 17.3. The summed E-state index contributed by atoms with van der Waals surface area (Å²) in [7, 11) is -3.95. The van der Waals surface area contributed by atoms with Gasteiger partial charge in [0.1, 0.15) is 6.61 Å². The van der Waals surface area contributed by atoms with Crippen LogP contribution in [0.5, 0.6) is 0 Å². The number of ether oxygens (including phenoxy) is 4. The molecular weight excluding hydrogens is 276 g/mol. The molecule has 19 heavy (non-hydrogen) atoms. The molecule has 7 nitrogen and oxygen atoms in total. The summed E-state index contributed by atoms with van der Waals surface area (Å²) in [6.07, 6.45) is 4.99. The van der Waals surface area contributed by atoms with Crippen molar-refractivity contribution in [1.82, 2.24) is 0 Å². The molecule has 0 unspecified atom stereocenters. The van der Waals surface area contributed by atoms with Crippen LogP contribution >= 0.6 is 0 Å². The molecule has 0 aliphatic heterocycles. The molecule has 0 aromatic heterocycles. The quantitative estimate of drug-likeness (QED) is 0.280. The third-order valence-corrected chi connectivity index (χ3v) is 2.47.